The zero-order valence-electron chi connectivity index (χ0n) is 19.5. The van der Waals surface area contributed by atoms with Crippen LogP contribution >= 0.6 is 12.0 Å². The van der Waals surface area contributed by atoms with E-state index >= 15 is 0 Å². The van der Waals surface area contributed by atoms with Crippen molar-refractivity contribution >= 4 is 61.7 Å². The van der Waals surface area contributed by atoms with Gasteiger partial charge < -0.3 is 5.73 Å². The maximum atomic E-state index is 11.9. The van der Waals surface area contributed by atoms with Crippen LogP contribution in [-0.2, 0) is 39.8 Å². The van der Waals surface area contributed by atoms with E-state index in [-0.39, 0.29) is 22.9 Å². The zero-order chi connectivity index (χ0) is 27.5. The van der Waals surface area contributed by atoms with Crippen LogP contribution in [0.3, 0.4) is 0 Å². The Morgan fingerprint density at radius 3 is 2.34 bits per heavy atom. The van der Waals surface area contributed by atoms with Crippen molar-refractivity contribution in [1.82, 2.24) is 0 Å². The maximum Gasteiger partial charge on any atom is 0.296 e. The number of rotatable bonds is 13. The Balaban J connectivity index is 1.71. The molecule has 4 N–H and O–H groups in total. The van der Waals surface area contributed by atoms with Crippen molar-refractivity contribution in [1.29, 1.82) is 0 Å². The highest BCUT2D eigenvalue weighted by Crippen LogP contribution is 2.33. The molecule has 17 heteroatoms. The van der Waals surface area contributed by atoms with E-state index in [9.17, 15) is 17.2 Å². The number of nitrogen functional groups attached to an aromatic ring is 1. The number of nitrogens with zero attached hydrogens (tertiary/aromatic N) is 4. The fourth-order valence-corrected chi connectivity index (χ4v) is 4.17. The van der Waals surface area contributed by atoms with E-state index in [0.29, 0.717) is 34.8 Å². The number of anilines is 1. The van der Waals surface area contributed by atoms with E-state index in [4.69, 9.17) is 20.2 Å². The SMILES string of the molecule is Cc1ccc(N=Nc2cc(N=Nc3ccc(SOOCCS(=O)OOO)cc3S(=O)(=O)O)ccc2N)cc1. The van der Waals surface area contributed by atoms with Gasteiger partial charge in [0.1, 0.15) is 16.3 Å². The average molecular weight is 584 g/mol. The first kappa shape index (κ1) is 29.4. The Morgan fingerprint density at radius 2 is 1.63 bits per heavy atom. The first-order valence-corrected chi connectivity index (χ1v) is 13.8. The van der Waals surface area contributed by atoms with Gasteiger partial charge in [0.2, 0.25) is 0 Å². The lowest BCUT2D eigenvalue weighted by Crippen LogP contribution is -2.07. The van der Waals surface area contributed by atoms with Gasteiger partial charge in [-0.05, 0) is 55.5 Å². The highest BCUT2D eigenvalue weighted by atomic mass is 32.2. The van der Waals surface area contributed by atoms with Gasteiger partial charge in [-0.15, -0.1) is 14.6 Å². The summed E-state index contributed by atoms with van der Waals surface area (Å²) in [5.41, 5.74) is 8.53. The first-order chi connectivity index (χ1) is 18.2. The molecule has 202 valence electrons. The normalized spacial score (nSPS) is 12.9. The van der Waals surface area contributed by atoms with E-state index in [2.05, 4.69) is 29.8 Å². The van der Waals surface area contributed by atoms with Gasteiger partial charge in [0, 0.05) is 4.90 Å². The monoisotopic (exact) mass is 583 g/mol. The van der Waals surface area contributed by atoms with E-state index < -0.39 is 26.1 Å². The Hall–Kier alpha value is -3.13. The van der Waals surface area contributed by atoms with Crippen molar-refractivity contribution in [2.75, 3.05) is 18.1 Å². The number of aryl methyl sites for hydroxylation is 1. The minimum atomic E-state index is -4.68. The zero-order valence-corrected chi connectivity index (χ0v) is 22.0. The molecule has 0 aliphatic heterocycles. The molecule has 0 bridgehead atoms. The van der Waals surface area contributed by atoms with Gasteiger partial charge in [-0.1, -0.05) is 22.7 Å². The number of hydrogen-bond acceptors (Lipinski definition) is 14. The number of nitrogens with two attached hydrogens (primary N) is 1. The van der Waals surface area contributed by atoms with Gasteiger partial charge in [0.05, 0.1) is 41.5 Å². The molecule has 0 amide bonds. The van der Waals surface area contributed by atoms with Crippen molar-refractivity contribution in [2.45, 2.75) is 16.7 Å². The lowest BCUT2D eigenvalue weighted by Gasteiger charge is -2.06. The Morgan fingerprint density at radius 1 is 0.947 bits per heavy atom. The molecule has 0 saturated heterocycles. The fraction of sp³-hybridized carbons (Fsp3) is 0.143. The molecular weight excluding hydrogens is 562 g/mol. The van der Waals surface area contributed by atoms with Crippen molar-refractivity contribution in [3.05, 3.63) is 66.2 Å². The number of azo groups is 2. The van der Waals surface area contributed by atoms with Crippen LogP contribution in [0.25, 0.3) is 0 Å². The molecule has 38 heavy (non-hydrogen) atoms. The molecule has 3 aromatic rings. The van der Waals surface area contributed by atoms with E-state index in [0.717, 1.165) is 11.6 Å². The summed E-state index contributed by atoms with van der Waals surface area (Å²) in [7, 11) is -4.68. The van der Waals surface area contributed by atoms with E-state index in [1.807, 2.05) is 19.1 Å². The molecular formula is C21H21N5O9S3. The largest absolute Gasteiger partial charge is 0.397 e. The second-order valence-corrected chi connectivity index (χ2v) is 10.5. The molecule has 0 heterocycles. The molecule has 0 radical (unpaired) electrons. The highest BCUT2D eigenvalue weighted by molar-refractivity contribution is 7.94. The molecule has 0 spiro atoms. The van der Waals surface area contributed by atoms with Crippen molar-refractivity contribution < 1.29 is 41.0 Å². The summed E-state index contributed by atoms with van der Waals surface area (Å²) in [5.74, 6) is -0.184. The topological polar surface area (TPSA) is 204 Å². The van der Waals surface area contributed by atoms with Crippen molar-refractivity contribution in [3.8, 4) is 0 Å². The second kappa shape index (κ2) is 14.1. The molecule has 0 aromatic heterocycles. The first-order valence-electron chi connectivity index (χ1n) is 10.4. The van der Waals surface area contributed by atoms with Gasteiger partial charge >= 0.3 is 0 Å². The summed E-state index contributed by atoms with van der Waals surface area (Å²) in [6, 6.07) is 15.9. The summed E-state index contributed by atoms with van der Waals surface area (Å²) in [6.45, 7) is 1.76. The van der Waals surface area contributed by atoms with Crippen LogP contribution in [0.2, 0.25) is 0 Å². The molecule has 0 aliphatic rings. The van der Waals surface area contributed by atoms with Gasteiger partial charge in [0.15, 0.2) is 11.1 Å². The van der Waals surface area contributed by atoms with Gasteiger partial charge in [-0.2, -0.15) is 23.0 Å². The summed E-state index contributed by atoms with van der Waals surface area (Å²) < 4.78 is 53.4. The lowest BCUT2D eigenvalue weighted by molar-refractivity contribution is -0.435. The predicted octanol–water partition coefficient (Wildman–Crippen LogP) is 5.69. The summed E-state index contributed by atoms with van der Waals surface area (Å²) in [6.07, 6.45) is 0. The maximum absolute atomic E-state index is 11.9. The van der Waals surface area contributed by atoms with E-state index in [1.165, 1.54) is 18.2 Å². The van der Waals surface area contributed by atoms with E-state index in [1.54, 1.807) is 24.3 Å². The molecule has 14 nitrogen and oxygen atoms in total. The number of hydrogen-bond donors (Lipinski definition) is 3. The molecule has 1 atom stereocenters. The average Bonchev–Trinajstić information content (AvgIpc) is 2.88. The number of benzene rings is 3. The third-order valence-corrected chi connectivity index (χ3v) is 6.63. The summed E-state index contributed by atoms with van der Waals surface area (Å²) >= 11 is -1.34. The molecule has 1 unspecified atom stereocenters. The Bertz CT molecular complexity index is 1430. The highest BCUT2D eigenvalue weighted by Gasteiger charge is 2.17. The molecule has 0 fully saturated rings. The molecule has 3 rings (SSSR count). The van der Waals surface area contributed by atoms with Crippen LogP contribution in [0, 0.1) is 6.92 Å². The minimum Gasteiger partial charge on any atom is -0.397 e. The standard InChI is InChI=1S/C21H21N5O9S3/c1-14-2-4-15(5-3-14)23-26-20-12-16(6-8-18(20)22)24-25-19-9-7-17(13-21(19)38(29,30)31)36-34-32-10-11-37(28)35-33-27/h2-9,12-13,27H,10-11,22H2,1H3,(H,29,30,31). The van der Waals surface area contributed by atoms with Crippen LogP contribution < -0.4 is 5.73 Å². The van der Waals surface area contributed by atoms with Crippen LogP contribution in [-0.4, -0.2) is 34.8 Å². The van der Waals surface area contributed by atoms with Crippen LogP contribution in [0.4, 0.5) is 28.4 Å². The van der Waals surface area contributed by atoms with Crippen LogP contribution in [0.15, 0.2) is 90.9 Å². The summed E-state index contributed by atoms with van der Waals surface area (Å²) in [5, 5.41) is 27.5. The smallest absolute Gasteiger partial charge is 0.296 e. The Kier molecular flexibility index (Phi) is 11.0. The minimum absolute atomic E-state index is 0.144. The third kappa shape index (κ3) is 9.31. The summed E-state index contributed by atoms with van der Waals surface area (Å²) in [4.78, 5) is 4.47. The van der Waals surface area contributed by atoms with Gasteiger partial charge in [0.25, 0.3) is 10.1 Å². The van der Waals surface area contributed by atoms with Gasteiger partial charge in [-0.25, -0.2) is 14.4 Å². The van der Waals surface area contributed by atoms with Crippen LogP contribution in [0.1, 0.15) is 5.56 Å². The fourth-order valence-electron chi connectivity index (χ4n) is 2.62. The third-order valence-electron chi connectivity index (χ3n) is 4.42. The van der Waals surface area contributed by atoms with Crippen molar-refractivity contribution in [3.63, 3.8) is 0 Å². The molecule has 3 aromatic carbocycles. The van der Waals surface area contributed by atoms with Gasteiger partial charge in [-0.3, -0.25) is 4.55 Å². The second-order valence-electron chi connectivity index (χ2n) is 7.21. The van der Waals surface area contributed by atoms with Crippen molar-refractivity contribution in [2.24, 2.45) is 20.5 Å². The predicted molar refractivity (Wildman–Crippen MR) is 137 cm³/mol. The molecule has 0 aliphatic carbocycles. The molecule has 0 saturated carbocycles. The Labute approximate surface area is 223 Å². The van der Waals surface area contributed by atoms with Crippen LogP contribution in [0.5, 0.6) is 0 Å². The lowest BCUT2D eigenvalue weighted by atomic mass is 10.2. The quantitative estimate of drug-likeness (QED) is 0.0423.